The number of nitrogens with one attached hydrogen (secondary N) is 1. The Morgan fingerprint density at radius 3 is 2.20 bits per heavy atom. The van der Waals surface area contributed by atoms with E-state index in [1.165, 1.54) is 0 Å². The number of hydrogen-bond acceptors (Lipinski definition) is 3. The standard InChI is InChI=1S/C17H21NO2/c1-4-18-13(2)14-9-5-6-10-15(14)20-17-12-8-7-11-16(17)19-3/h5-13,18H,4H2,1-3H3. The summed E-state index contributed by atoms with van der Waals surface area (Å²) in [7, 11) is 1.65. The highest BCUT2D eigenvalue weighted by Crippen LogP contribution is 2.34. The highest BCUT2D eigenvalue weighted by Gasteiger charge is 2.12. The smallest absolute Gasteiger partial charge is 0.169 e. The van der Waals surface area contributed by atoms with Gasteiger partial charge >= 0.3 is 0 Å². The number of ether oxygens (including phenoxy) is 2. The van der Waals surface area contributed by atoms with Crippen molar-refractivity contribution in [2.75, 3.05) is 13.7 Å². The first kappa shape index (κ1) is 14.4. The van der Waals surface area contributed by atoms with Gasteiger partial charge in [0, 0.05) is 11.6 Å². The fourth-order valence-electron chi connectivity index (χ4n) is 2.17. The molecule has 0 amide bonds. The van der Waals surface area contributed by atoms with Crippen molar-refractivity contribution in [1.82, 2.24) is 5.32 Å². The minimum atomic E-state index is 0.242. The van der Waals surface area contributed by atoms with E-state index in [4.69, 9.17) is 9.47 Å². The van der Waals surface area contributed by atoms with E-state index in [9.17, 15) is 0 Å². The van der Waals surface area contributed by atoms with Crippen LogP contribution in [0.25, 0.3) is 0 Å². The molecule has 0 aliphatic rings. The van der Waals surface area contributed by atoms with Crippen LogP contribution >= 0.6 is 0 Å². The highest BCUT2D eigenvalue weighted by molar-refractivity contribution is 5.45. The Kier molecular flexibility index (Phi) is 5.02. The molecule has 2 aromatic rings. The van der Waals surface area contributed by atoms with Gasteiger partial charge in [-0.15, -0.1) is 0 Å². The minimum Gasteiger partial charge on any atom is -0.493 e. The molecule has 0 fully saturated rings. The molecule has 3 nitrogen and oxygen atoms in total. The quantitative estimate of drug-likeness (QED) is 0.855. The van der Waals surface area contributed by atoms with E-state index < -0.39 is 0 Å². The second-order valence-electron chi connectivity index (χ2n) is 4.57. The summed E-state index contributed by atoms with van der Waals surface area (Å²) in [5, 5.41) is 3.41. The molecule has 1 N–H and O–H groups in total. The fraction of sp³-hybridized carbons (Fsp3) is 0.294. The number of benzene rings is 2. The van der Waals surface area contributed by atoms with Gasteiger partial charge in [0.25, 0.3) is 0 Å². The molecule has 2 rings (SSSR count). The summed E-state index contributed by atoms with van der Waals surface area (Å²) < 4.78 is 11.4. The zero-order valence-corrected chi connectivity index (χ0v) is 12.2. The van der Waals surface area contributed by atoms with Gasteiger partial charge in [0.05, 0.1) is 7.11 Å². The molecule has 0 spiro atoms. The van der Waals surface area contributed by atoms with E-state index in [0.29, 0.717) is 0 Å². The highest BCUT2D eigenvalue weighted by atomic mass is 16.5. The van der Waals surface area contributed by atoms with Crippen LogP contribution in [0, 0.1) is 0 Å². The minimum absolute atomic E-state index is 0.242. The van der Waals surface area contributed by atoms with Gasteiger partial charge in [-0.3, -0.25) is 0 Å². The molecule has 0 aromatic heterocycles. The Morgan fingerprint density at radius 2 is 1.55 bits per heavy atom. The van der Waals surface area contributed by atoms with Crippen molar-refractivity contribution in [2.24, 2.45) is 0 Å². The first-order valence-electron chi connectivity index (χ1n) is 6.89. The zero-order valence-electron chi connectivity index (χ0n) is 12.2. The van der Waals surface area contributed by atoms with E-state index in [2.05, 4.69) is 25.2 Å². The molecule has 106 valence electrons. The first-order valence-corrected chi connectivity index (χ1v) is 6.89. The van der Waals surface area contributed by atoms with E-state index >= 15 is 0 Å². The molecule has 0 saturated heterocycles. The van der Waals surface area contributed by atoms with Crippen LogP contribution < -0.4 is 14.8 Å². The zero-order chi connectivity index (χ0) is 14.4. The van der Waals surface area contributed by atoms with Crippen molar-refractivity contribution in [1.29, 1.82) is 0 Å². The number of para-hydroxylation sites is 3. The number of hydrogen-bond donors (Lipinski definition) is 1. The molecule has 0 radical (unpaired) electrons. The average molecular weight is 271 g/mol. The van der Waals surface area contributed by atoms with Crippen molar-refractivity contribution in [3.8, 4) is 17.2 Å². The van der Waals surface area contributed by atoms with Crippen molar-refractivity contribution >= 4 is 0 Å². The molecular formula is C17H21NO2. The van der Waals surface area contributed by atoms with E-state index in [0.717, 1.165) is 29.4 Å². The molecule has 2 aromatic carbocycles. The molecule has 0 aliphatic heterocycles. The largest absolute Gasteiger partial charge is 0.493 e. The summed E-state index contributed by atoms with van der Waals surface area (Å²) in [5.74, 6) is 2.31. The summed E-state index contributed by atoms with van der Waals surface area (Å²) in [6.45, 7) is 5.15. The van der Waals surface area contributed by atoms with Gasteiger partial charge in [0.15, 0.2) is 11.5 Å². The summed E-state index contributed by atoms with van der Waals surface area (Å²) >= 11 is 0. The Balaban J connectivity index is 2.29. The van der Waals surface area contributed by atoms with Crippen molar-refractivity contribution < 1.29 is 9.47 Å². The van der Waals surface area contributed by atoms with Crippen LogP contribution in [-0.4, -0.2) is 13.7 Å². The van der Waals surface area contributed by atoms with Crippen LogP contribution in [0.15, 0.2) is 48.5 Å². The third kappa shape index (κ3) is 3.31. The van der Waals surface area contributed by atoms with Crippen LogP contribution in [-0.2, 0) is 0 Å². The molecule has 1 atom stereocenters. The molecule has 0 bridgehead atoms. The van der Waals surface area contributed by atoms with Gasteiger partial charge in [-0.1, -0.05) is 37.3 Å². The summed E-state index contributed by atoms with van der Waals surface area (Å²) in [5.41, 5.74) is 1.14. The lowest BCUT2D eigenvalue weighted by atomic mass is 10.1. The van der Waals surface area contributed by atoms with Gasteiger partial charge in [-0.25, -0.2) is 0 Å². The van der Waals surface area contributed by atoms with Crippen LogP contribution in [0.5, 0.6) is 17.2 Å². The number of methoxy groups -OCH3 is 1. The van der Waals surface area contributed by atoms with Gasteiger partial charge in [0.2, 0.25) is 0 Å². The van der Waals surface area contributed by atoms with Gasteiger partial charge in [-0.05, 0) is 31.7 Å². The second kappa shape index (κ2) is 6.96. The number of rotatable bonds is 6. The van der Waals surface area contributed by atoms with E-state index in [-0.39, 0.29) is 6.04 Å². The Labute approximate surface area is 120 Å². The Bertz CT molecular complexity index is 554. The molecule has 1 unspecified atom stereocenters. The second-order valence-corrected chi connectivity index (χ2v) is 4.57. The summed E-state index contributed by atoms with van der Waals surface area (Å²) in [6, 6.07) is 16.0. The Hall–Kier alpha value is -2.00. The van der Waals surface area contributed by atoms with Crippen LogP contribution in [0.1, 0.15) is 25.5 Å². The normalized spacial score (nSPS) is 11.9. The van der Waals surface area contributed by atoms with Crippen LogP contribution in [0.3, 0.4) is 0 Å². The fourth-order valence-corrected chi connectivity index (χ4v) is 2.17. The van der Waals surface area contributed by atoms with Crippen LogP contribution in [0.2, 0.25) is 0 Å². The maximum absolute atomic E-state index is 6.03. The molecule has 0 saturated carbocycles. The lowest BCUT2D eigenvalue weighted by Gasteiger charge is -2.18. The third-order valence-corrected chi connectivity index (χ3v) is 3.18. The summed E-state index contributed by atoms with van der Waals surface area (Å²) in [4.78, 5) is 0. The molecule has 0 heterocycles. The predicted molar refractivity (Wildman–Crippen MR) is 81.6 cm³/mol. The molecule has 20 heavy (non-hydrogen) atoms. The first-order chi connectivity index (χ1) is 9.76. The monoisotopic (exact) mass is 271 g/mol. The summed E-state index contributed by atoms with van der Waals surface area (Å²) in [6.07, 6.45) is 0. The Morgan fingerprint density at radius 1 is 0.950 bits per heavy atom. The third-order valence-electron chi connectivity index (χ3n) is 3.18. The van der Waals surface area contributed by atoms with Gasteiger partial charge in [0.1, 0.15) is 5.75 Å². The molecular weight excluding hydrogens is 250 g/mol. The molecule has 3 heteroatoms. The van der Waals surface area contributed by atoms with E-state index in [1.54, 1.807) is 7.11 Å². The van der Waals surface area contributed by atoms with E-state index in [1.807, 2.05) is 42.5 Å². The topological polar surface area (TPSA) is 30.5 Å². The van der Waals surface area contributed by atoms with Gasteiger partial charge in [-0.2, -0.15) is 0 Å². The average Bonchev–Trinajstić information content (AvgIpc) is 2.48. The van der Waals surface area contributed by atoms with Crippen LogP contribution in [0.4, 0.5) is 0 Å². The predicted octanol–water partition coefficient (Wildman–Crippen LogP) is 4.16. The maximum atomic E-state index is 6.03. The SMILES string of the molecule is CCNC(C)c1ccccc1Oc1ccccc1OC. The van der Waals surface area contributed by atoms with Crippen molar-refractivity contribution in [2.45, 2.75) is 19.9 Å². The lowest BCUT2D eigenvalue weighted by Crippen LogP contribution is -2.18. The van der Waals surface area contributed by atoms with Crippen molar-refractivity contribution in [3.63, 3.8) is 0 Å². The lowest BCUT2D eigenvalue weighted by molar-refractivity contribution is 0.376. The van der Waals surface area contributed by atoms with Crippen molar-refractivity contribution in [3.05, 3.63) is 54.1 Å². The molecule has 0 aliphatic carbocycles. The maximum Gasteiger partial charge on any atom is 0.169 e. The van der Waals surface area contributed by atoms with Gasteiger partial charge < -0.3 is 14.8 Å².